The third-order valence-corrected chi connectivity index (χ3v) is 3.37. The normalized spacial score (nSPS) is 9.75. The Morgan fingerprint density at radius 2 is 1.54 bits per heavy atom. The number of allylic oxidation sites excluding steroid dienone is 1. The van der Waals surface area contributed by atoms with Crippen LogP contribution in [0.5, 0.6) is 11.5 Å². The molecule has 2 aromatic carbocycles. The van der Waals surface area contributed by atoms with Gasteiger partial charge in [0.25, 0.3) is 0 Å². The van der Waals surface area contributed by atoms with E-state index in [0.717, 1.165) is 0 Å². The van der Waals surface area contributed by atoms with E-state index in [9.17, 15) is 24.6 Å². The van der Waals surface area contributed by atoms with Crippen LogP contribution in [0.3, 0.4) is 0 Å². The second-order valence-electron chi connectivity index (χ2n) is 5.13. The van der Waals surface area contributed by atoms with E-state index in [4.69, 9.17) is 9.47 Å². The Morgan fingerprint density at radius 3 is 2.07 bits per heavy atom. The van der Waals surface area contributed by atoms with Crippen LogP contribution in [-0.2, 0) is 4.79 Å². The van der Waals surface area contributed by atoms with Gasteiger partial charge in [-0.2, -0.15) is 0 Å². The molecule has 7 nitrogen and oxygen atoms in total. The molecule has 0 aromatic heterocycles. The van der Waals surface area contributed by atoms with Crippen LogP contribution in [0.15, 0.2) is 48.5 Å². The molecule has 0 spiro atoms. The molecule has 0 fully saturated rings. The maximum Gasteiger partial charge on any atom is 1.00 e. The third-order valence-electron chi connectivity index (χ3n) is 3.37. The molecule has 2 aromatic rings. The summed E-state index contributed by atoms with van der Waals surface area (Å²) in [5.74, 6) is -2.58. The maximum absolute atomic E-state index is 12.2. The Balaban J connectivity index is 0.00000364. The van der Waals surface area contributed by atoms with Crippen molar-refractivity contribution in [1.82, 2.24) is 0 Å². The van der Waals surface area contributed by atoms with Crippen LogP contribution < -0.4 is 78.8 Å². The molecule has 0 saturated carbocycles. The molecule has 0 radical (unpaired) electrons. The van der Waals surface area contributed by atoms with Crippen molar-refractivity contribution in [2.24, 2.45) is 0 Å². The summed E-state index contributed by atoms with van der Waals surface area (Å²) in [7, 11) is 1.37. The smallest absolute Gasteiger partial charge is 0.546 e. The van der Waals surface area contributed by atoms with Gasteiger partial charge in [-0.25, -0.2) is 0 Å². The van der Waals surface area contributed by atoms with Gasteiger partial charge in [0, 0.05) is 5.56 Å². The number of ketones is 1. The second-order valence-corrected chi connectivity index (χ2v) is 5.13. The van der Waals surface area contributed by atoms with E-state index >= 15 is 0 Å². The molecule has 0 heterocycles. The Labute approximate surface area is 205 Å². The first-order valence-electron chi connectivity index (χ1n) is 7.45. The molecular weight excluding hydrogens is 386 g/mol. The number of rotatable bonds is 8. The standard InChI is InChI=1S/C19H16O7.2Na/c1-25-17-10-14(7-9-16(17)26-11-18(21)22)15(20)8-4-12-2-5-13(6-3-12)19(23)24;;/h2-10H,11H2,1H3,(H,21,22)(H,23,24);;/q;2*+1/p-2. The summed E-state index contributed by atoms with van der Waals surface area (Å²) in [6, 6.07) is 10.2. The molecule has 0 amide bonds. The van der Waals surface area contributed by atoms with Gasteiger partial charge in [-0.3, -0.25) is 4.79 Å². The predicted octanol–water partition coefficient (Wildman–Crippen LogP) is -5.91. The first-order valence-corrected chi connectivity index (χ1v) is 7.45. The molecule has 9 heteroatoms. The molecule has 0 aliphatic rings. The molecule has 0 atom stereocenters. The van der Waals surface area contributed by atoms with E-state index in [-0.39, 0.29) is 82.0 Å². The Hall–Kier alpha value is -1.61. The fraction of sp³-hybridized carbons (Fsp3) is 0.105. The minimum Gasteiger partial charge on any atom is -0.546 e. The van der Waals surface area contributed by atoms with Crippen molar-refractivity contribution in [3.8, 4) is 11.5 Å². The summed E-state index contributed by atoms with van der Waals surface area (Å²) in [6.07, 6.45) is 2.86. The molecule has 0 saturated heterocycles. The summed E-state index contributed by atoms with van der Waals surface area (Å²) in [5, 5.41) is 21.1. The van der Waals surface area contributed by atoms with E-state index in [2.05, 4.69) is 0 Å². The minimum absolute atomic E-state index is 0. The number of hydrogen-bond acceptors (Lipinski definition) is 7. The van der Waals surface area contributed by atoms with Crippen molar-refractivity contribution < 1.29 is 93.2 Å². The summed E-state index contributed by atoms with van der Waals surface area (Å²) < 4.78 is 10.1. The van der Waals surface area contributed by atoms with Gasteiger partial charge in [-0.1, -0.05) is 30.3 Å². The second kappa shape index (κ2) is 12.8. The van der Waals surface area contributed by atoms with Crippen LogP contribution in [0.1, 0.15) is 26.3 Å². The van der Waals surface area contributed by atoms with Gasteiger partial charge in [-0.05, 0) is 35.4 Å². The van der Waals surface area contributed by atoms with E-state index in [1.165, 1.54) is 49.6 Å². The topological polar surface area (TPSA) is 116 Å². The van der Waals surface area contributed by atoms with Gasteiger partial charge in [-0.15, -0.1) is 0 Å². The number of aliphatic carboxylic acids is 1. The number of benzene rings is 2. The van der Waals surface area contributed by atoms with E-state index in [1.54, 1.807) is 12.1 Å². The van der Waals surface area contributed by atoms with Crippen molar-refractivity contribution in [2.45, 2.75) is 0 Å². The largest absolute Gasteiger partial charge is 1.00 e. The fourth-order valence-electron chi connectivity index (χ4n) is 2.08. The molecule has 0 bridgehead atoms. The summed E-state index contributed by atoms with van der Waals surface area (Å²) in [5.41, 5.74) is 1.000. The quantitative estimate of drug-likeness (QED) is 0.246. The first kappa shape index (κ1) is 26.4. The van der Waals surface area contributed by atoms with E-state index < -0.39 is 18.5 Å². The summed E-state index contributed by atoms with van der Waals surface area (Å²) in [4.78, 5) is 33.4. The minimum atomic E-state index is -1.38. The molecule has 28 heavy (non-hydrogen) atoms. The maximum atomic E-state index is 12.2. The summed E-state index contributed by atoms with van der Waals surface area (Å²) in [6.45, 7) is -0.634. The average molecular weight is 400 g/mol. The number of hydrogen-bond donors (Lipinski definition) is 0. The van der Waals surface area contributed by atoms with E-state index in [0.29, 0.717) is 11.1 Å². The number of methoxy groups -OCH3 is 1. The van der Waals surface area contributed by atoms with Crippen molar-refractivity contribution >= 4 is 23.8 Å². The van der Waals surface area contributed by atoms with Crippen LogP contribution in [-0.4, -0.2) is 31.4 Å². The molecule has 0 aliphatic heterocycles. The molecule has 2 rings (SSSR count). The van der Waals surface area contributed by atoms with Crippen molar-refractivity contribution in [3.05, 3.63) is 65.2 Å². The van der Waals surface area contributed by atoms with Crippen LogP contribution >= 0.6 is 0 Å². The van der Waals surface area contributed by atoms with Crippen LogP contribution in [0.4, 0.5) is 0 Å². The van der Waals surface area contributed by atoms with Crippen molar-refractivity contribution in [2.75, 3.05) is 13.7 Å². The van der Waals surface area contributed by atoms with Crippen molar-refractivity contribution in [3.63, 3.8) is 0 Å². The first-order chi connectivity index (χ1) is 12.4. The zero-order valence-electron chi connectivity index (χ0n) is 15.8. The van der Waals surface area contributed by atoms with Gasteiger partial charge in [0.1, 0.15) is 6.61 Å². The molecular formula is C19H14Na2O7. The van der Waals surface area contributed by atoms with Crippen molar-refractivity contribution in [1.29, 1.82) is 0 Å². The number of carbonyl (C=O) groups is 3. The number of carboxylic acid groups (broad SMARTS) is 2. The zero-order valence-corrected chi connectivity index (χ0v) is 19.8. The molecule has 134 valence electrons. The average Bonchev–Trinajstić information content (AvgIpc) is 2.64. The van der Waals surface area contributed by atoms with Gasteiger partial charge < -0.3 is 29.3 Å². The number of carboxylic acids is 2. The Morgan fingerprint density at radius 1 is 0.929 bits per heavy atom. The van der Waals surface area contributed by atoms with Crippen LogP contribution in [0.2, 0.25) is 0 Å². The van der Waals surface area contributed by atoms with Gasteiger partial charge >= 0.3 is 59.1 Å². The number of aromatic carboxylic acids is 1. The van der Waals surface area contributed by atoms with Crippen LogP contribution in [0.25, 0.3) is 6.08 Å². The van der Waals surface area contributed by atoms with E-state index in [1.807, 2.05) is 0 Å². The number of carbonyl (C=O) groups excluding carboxylic acids is 3. The SMILES string of the molecule is COc1cc(C(=O)C=Cc2ccc(C(=O)[O-])cc2)ccc1OCC(=O)[O-].[Na+].[Na+]. The fourth-order valence-corrected chi connectivity index (χ4v) is 2.08. The van der Waals surface area contributed by atoms with Gasteiger partial charge in [0.15, 0.2) is 17.3 Å². The number of ether oxygens (including phenoxy) is 2. The van der Waals surface area contributed by atoms with Gasteiger partial charge in [0.05, 0.1) is 19.0 Å². The van der Waals surface area contributed by atoms with Crippen LogP contribution in [0, 0.1) is 0 Å². The Bertz CT molecular complexity index is 861. The molecule has 0 N–H and O–H groups in total. The molecule has 0 unspecified atom stereocenters. The van der Waals surface area contributed by atoms with Gasteiger partial charge in [0.2, 0.25) is 0 Å². The third kappa shape index (κ3) is 7.79. The zero-order chi connectivity index (χ0) is 19.1. The summed E-state index contributed by atoms with van der Waals surface area (Å²) >= 11 is 0. The molecule has 0 aliphatic carbocycles. The Kier molecular flexibility index (Phi) is 12.0. The predicted molar refractivity (Wildman–Crippen MR) is 87.6 cm³/mol. The monoisotopic (exact) mass is 400 g/mol.